The first-order valence-corrected chi connectivity index (χ1v) is 3.19. The van der Waals surface area contributed by atoms with Crippen LogP contribution < -0.4 is 0 Å². The quantitative estimate of drug-likeness (QED) is 0.532. The molecule has 1 aromatic heterocycles. The van der Waals surface area contributed by atoms with Crippen LogP contribution >= 0.6 is 0 Å². The van der Waals surface area contributed by atoms with Crippen molar-refractivity contribution in [3.05, 3.63) is 24.2 Å². The number of carboxylic acids is 1. The minimum atomic E-state index is -1.06. The van der Waals surface area contributed by atoms with Crippen molar-refractivity contribution >= 4 is 12.2 Å². The first-order chi connectivity index (χ1) is 5.79. The summed E-state index contributed by atoms with van der Waals surface area (Å²) in [6.07, 6.45) is 2.78. The van der Waals surface area contributed by atoms with E-state index in [0.29, 0.717) is 5.76 Å². The van der Waals surface area contributed by atoms with Crippen LogP contribution in [-0.2, 0) is 9.63 Å². The maximum Gasteiger partial charge on any atom is 0.344 e. The zero-order chi connectivity index (χ0) is 8.81. The van der Waals surface area contributed by atoms with E-state index in [2.05, 4.69) is 9.99 Å². The van der Waals surface area contributed by atoms with Gasteiger partial charge in [0, 0.05) is 0 Å². The zero-order valence-electron chi connectivity index (χ0n) is 6.14. The second-order valence-corrected chi connectivity index (χ2v) is 1.92. The number of carbonyl (C=O) groups is 1. The summed E-state index contributed by atoms with van der Waals surface area (Å²) < 4.78 is 4.86. The third-order valence-corrected chi connectivity index (χ3v) is 0.986. The Morgan fingerprint density at radius 3 is 3.25 bits per heavy atom. The largest absolute Gasteiger partial charge is 0.479 e. The minimum absolute atomic E-state index is 0.447. The van der Waals surface area contributed by atoms with Crippen LogP contribution in [0.4, 0.5) is 0 Å². The number of hydrogen-bond donors (Lipinski definition) is 1. The number of hydrogen-bond acceptors (Lipinski definition) is 4. The van der Waals surface area contributed by atoms with Gasteiger partial charge in [-0.1, -0.05) is 5.16 Å². The lowest BCUT2D eigenvalue weighted by Crippen LogP contribution is -2.03. The summed E-state index contributed by atoms with van der Waals surface area (Å²) in [4.78, 5) is 14.3. The molecule has 0 spiro atoms. The standard InChI is InChI=1S/C7H7NO4/c9-7(10)5-12-8-4-6-2-1-3-11-6/h1-4H,5H2,(H,9,10). The van der Waals surface area contributed by atoms with Crippen LogP contribution in [0, 0.1) is 0 Å². The second kappa shape index (κ2) is 4.17. The SMILES string of the molecule is O=C(O)CON=Cc1ccco1. The van der Waals surface area contributed by atoms with Crippen molar-refractivity contribution in [1.82, 2.24) is 0 Å². The van der Waals surface area contributed by atoms with Crippen LogP contribution in [-0.4, -0.2) is 23.9 Å². The van der Waals surface area contributed by atoms with Crippen molar-refractivity contribution < 1.29 is 19.2 Å². The number of oxime groups is 1. The fourth-order valence-electron chi connectivity index (χ4n) is 0.546. The Kier molecular flexibility index (Phi) is 2.89. The van der Waals surface area contributed by atoms with Gasteiger partial charge in [0.2, 0.25) is 6.61 Å². The molecule has 0 unspecified atom stereocenters. The van der Waals surface area contributed by atoms with Gasteiger partial charge >= 0.3 is 5.97 Å². The third kappa shape index (κ3) is 2.87. The van der Waals surface area contributed by atoms with E-state index < -0.39 is 12.6 Å². The monoisotopic (exact) mass is 169 g/mol. The Morgan fingerprint density at radius 2 is 2.67 bits per heavy atom. The van der Waals surface area contributed by atoms with Gasteiger partial charge < -0.3 is 14.4 Å². The van der Waals surface area contributed by atoms with Gasteiger partial charge in [0.25, 0.3) is 0 Å². The molecule has 5 heteroatoms. The van der Waals surface area contributed by atoms with E-state index in [1.54, 1.807) is 12.1 Å². The van der Waals surface area contributed by atoms with Crippen molar-refractivity contribution in [2.24, 2.45) is 5.16 Å². The van der Waals surface area contributed by atoms with E-state index in [1.807, 2.05) is 0 Å². The predicted molar refractivity (Wildman–Crippen MR) is 39.9 cm³/mol. The van der Waals surface area contributed by atoms with Crippen molar-refractivity contribution in [3.63, 3.8) is 0 Å². The summed E-state index contributed by atoms with van der Waals surface area (Å²) in [6, 6.07) is 3.37. The van der Waals surface area contributed by atoms with Gasteiger partial charge in [-0.15, -0.1) is 0 Å². The Balaban J connectivity index is 2.27. The number of aliphatic carboxylic acids is 1. The van der Waals surface area contributed by atoms with E-state index in [0.717, 1.165) is 0 Å². The van der Waals surface area contributed by atoms with Gasteiger partial charge in [-0.25, -0.2) is 4.79 Å². The average Bonchev–Trinajstić information content (AvgIpc) is 2.49. The van der Waals surface area contributed by atoms with Crippen LogP contribution in [0.5, 0.6) is 0 Å². The van der Waals surface area contributed by atoms with Gasteiger partial charge in [0.15, 0.2) is 0 Å². The highest BCUT2D eigenvalue weighted by Gasteiger charge is 1.93. The molecule has 1 heterocycles. The summed E-state index contributed by atoms with van der Waals surface area (Å²) in [5.41, 5.74) is 0. The molecule has 0 bridgehead atoms. The lowest BCUT2D eigenvalue weighted by Gasteiger charge is -1.90. The molecule has 12 heavy (non-hydrogen) atoms. The molecule has 0 aliphatic heterocycles. The lowest BCUT2D eigenvalue weighted by molar-refractivity contribution is -0.142. The molecule has 0 atom stereocenters. The molecule has 5 nitrogen and oxygen atoms in total. The first kappa shape index (κ1) is 8.32. The topological polar surface area (TPSA) is 72.0 Å². The number of carboxylic acid groups (broad SMARTS) is 1. The summed E-state index contributed by atoms with van der Waals surface area (Å²) in [5, 5.41) is 11.5. The van der Waals surface area contributed by atoms with Gasteiger partial charge in [0.1, 0.15) is 12.0 Å². The maximum atomic E-state index is 9.94. The van der Waals surface area contributed by atoms with E-state index in [-0.39, 0.29) is 0 Å². The summed E-state index contributed by atoms with van der Waals surface area (Å²) >= 11 is 0. The molecule has 1 aromatic rings. The molecule has 0 aliphatic carbocycles. The summed E-state index contributed by atoms with van der Waals surface area (Å²) in [7, 11) is 0. The number of furan rings is 1. The lowest BCUT2D eigenvalue weighted by atomic mass is 10.5. The van der Waals surface area contributed by atoms with Crippen molar-refractivity contribution in [2.45, 2.75) is 0 Å². The van der Waals surface area contributed by atoms with E-state index in [9.17, 15) is 4.79 Å². The van der Waals surface area contributed by atoms with Crippen molar-refractivity contribution in [2.75, 3.05) is 6.61 Å². The molecule has 0 amide bonds. The maximum absolute atomic E-state index is 9.94. The first-order valence-electron chi connectivity index (χ1n) is 3.19. The fraction of sp³-hybridized carbons (Fsp3) is 0.143. The molecule has 0 radical (unpaired) electrons. The summed E-state index contributed by atoms with van der Waals surface area (Å²) in [5.74, 6) is -0.549. The Morgan fingerprint density at radius 1 is 1.83 bits per heavy atom. The fourth-order valence-corrected chi connectivity index (χ4v) is 0.546. The molecule has 0 aliphatic rings. The molecule has 0 aromatic carbocycles. The average molecular weight is 169 g/mol. The van der Waals surface area contributed by atoms with E-state index in [4.69, 9.17) is 9.52 Å². The Bertz CT molecular complexity index is 265. The molecule has 1 N–H and O–H groups in total. The third-order valence-electron chi connectivity index (χ3n) is 0.986. The summed E-state index contributed by atoms with van der Waals surface area (Å²) in [6.45, 7) is -0.447. The van der Waals surface area contributed by atoms with Gasteiger partial charge in [-0.2, -0.15) is 0 Å². The molecule has 0 fully saturated rings. The van der Waals surface area contributed by atoms with Gasteiger partial charge in [-0.05, 0) is 12.1 Å². The molecular weight excluding hydrogens is 162 g/mol. The second-order valence-electron chi connectivity index (χ2n) is 1.92. The highest BCUT2D eigenvalue weighted by Crippen LogP contribution is 1.94. The van der Waals surface area contributed by atoms with Gasteiger partial charge in [-0.3, -0.25) is 0 Å². The van der Waals surface area contributed by atoms with Gasteiger partial charge in [0.05, 0.1) is 6.26 Å². The van der Waals surface area contributed by atoms with Crippen molar-refractivity contribution in [3.8, 4) is 0 Å². The number of rotatable bonds is 4. The molecule has 64 valence electrons. The van der Waals surface area contributed by atoms with E-state index in [1.165, 1.54) is 12.5 Å². The molecule has 1 rings (SSSR count). The highest BCUT2D eigenvalue weighted by molar-refractivity contribution is 5.75. The molecule has 0 saturated carbocycles. The Labute approximate surface area is 68.2 Å². The zero-order valence-corrected chi connectivity index (χ0v) is 6.14. The van der Waals surface area contributed by atoms with Crippen LogP contribution in [0.25, 0.3) is 0 Å². The Hall–Kier alpha value is -1.78. The number of nitrogens with zero attached hydrogens (tertiary/aromatic N) is 1. The predicted octanol–water partition coefficient (Wildman–Crippen LogP) is 0.715. The normalized spacial score (nSPS) is 10.3. The van der Waals surface area contributed by atoms with Crippen molar-refractivity contribution in [1.29, 1.82) is 0 Å². The van der Waals surface area contributed by atoms with Crippen LogP contribution in [0.3, 0.4) is 0 Å². The molecular formula is C7H7NO4. The van der Waals surface area contributed by atoms with Crippen LogP contribution in [0.2, 0.25) is 0 Å². The molecule has 0 saturated heterocycles. The minimum Gasteiger partial charge on any atom is -0.479 e. The van der Waals surface area contributed by atoms with Crippen LogP contribution in [0.1, 0.15) is 5.76 Å². The van der Waals surface area contributed by atoms with Crippen LogP contribution in [0.15, 0.2) is 28.0 Å². The highest BCUT2D eigenvalue weighted by atomic mass is 16.6. The van der Waals surface area contributed by atoms with E-state index >= 15 is 0 Å². The smallest absolute Gasteiger partial charge is 0.344 e.